The Morgan fingerprint density at radius 2 is 2.53 bits per heavy atom. The maximum atomic E-state index is 11.0. The maximum absolute atomic E-state index is 11.0. The van der Waals surface area contributed by atoms with Gasteiger partial charge in [-0.3, -0.25) is 4.79 Å². The van der Waals surface area contributed by atoms with E-state index in [1.807, 2.05) is 0 Å². The van der Waals surface area contributed by atoms with E-state index in [1.54, 1.807) is 25.3 Å². The van der Waals surface area contributed by atoms with Crippen LogP contribution in [-0.2, 0) is 16.1 Å². The molecule has 0 amide bonds. The highest BCUT2D eigenvalue weighted by molar-refractivity contribution is 7.12. The van der Waals surface area contributed by atoms with E-state index in [0.29, 0.717) is 6.61 Å². The summed E-state index contributed by atoms with van der Waals surface area (Å²) in [6, 6.07) is 0. The summed E-state index contributed by atoms with van der Waals surface area (Å²) < 4.78 is 4.76. The van der Waals surface area contributed by atoms with Crippen molar-refractivity contribution in [3.63, 3.8) is 0 Å². The Balaban J connectivity index is 2.40. The van der Waals surface area contributed by atoms with Crippen molar-refractivity contribution in [2.45, 2.75) is 20.0 Å². The molecule has 0 aliphatic rings. The van der Waals surface area contributed by atoms with Crippen molar-refractivity contribution in [2.24, 2.45) is 0 Å². The van der Waals surface area contributed by atoms with Gasteiger partial charge >= 0.3 is 5.97 Å². The average Bonchev–Trinajstić information content (AvgIpc) is 2.66. The van der Waals surface area contributed by atoms with Gasteiger partial charge in [-0.2, -0.15) is 0 Å². The molecule has 0 fully saturated rings. The van der Waals surface area contributed by atoms with Crippen LogP contribution in [0, 0.1) is 0 Å². The Labute approximate surface area is 92.2 Å². The molecule has 4 nitrogen and oxygen atoms in total. The fraction of sp³-hybridized carbons (Fsp3) is 0.400. The Kier molecular flexibility index (Phi) is 5.00. The van der Waals surface area contributed by atoms with Gasteiger partial charge in [0.25, 0.3) is 0 Å². The molecule has 5 heteroatoms. The fourth-order valence-electron chi connectivity index (χ4n) is 0.949. The largest absolute Gasteiger partial charge is 0.466 e. The molecule has 0 spiro atoms. The number of thiazole rings is 1. The number of hydrogen-bond donors (Lipinski definition) is 1. The Morgan fingerprint density at radius 3 is 3.13 bits per heavy atom. The van der Waals surface area contributed by atoms with Gasteiger partial charge in [0, 0.05) is 6.20 Å². The molecule has 0 aliphatic carbocycles. The molecule has 1 aromatic heterocycles. The summed E-state index contributed by atoms with van der Waals surface area (Å²) in [6.07, 6.45) is 5.33. The number of nitrogens with zero attached hydrogens (tertiary/aromatic N) is 1. The molecule has 1 rings (SSSR count). The molecule has 0 bridgehead atoms. The van der Waals surface area contributed by atoms with Crippen molar-refractivity contribution in [3.05, 3.63) is 22.2 Å². The molecule has 0 atom stereocenters. The SMILES string of the molecule is CCOC(=O)CC=Cc1ncc(CO)s1. The number of hydrogen-bond acceptors (Lipinski definition) is 5. The smallest absolute Gasteiger partial charge is 0.309 e. The van der Waals surface area contributed by atoms with Gasteiger partial charge in [-0.25, -0.2) is 4.98 Å². The number of aliphatic hydroxyl groups is 1. The first-order chi connectivity index (χ1) is 7.26. The van der Waals surface area contributed by atoms with Crippen LogP contribution >= 0.6 is 11.3 Å². The van der Waals surface area contributed by atoms with Crippen molar-refractivity contribution in [1.29, 1.82) is 0 Å². The molecule has 1 aromatic rings. The van der Waals surface area contributed by atoms with Gasteiger partial charge < -0.3 is 9.84 Å². The minimum absolute atomic E-state index is 0.00336. The third-order valence-corrected chi connectivity index (χ3v) is 2.52. The minimum Gasteiger partial charge on any atom is -0.466 e. The van der Waals surface area contributed by atoms with E-state index in [1.165, 1.54) is 11.3 Å². The number of carbonyl (C=O) groups excluding carboxylic acids is 1. The van der Waals surface area contributed by atoms with Crippen molar-refractivity contribution in [1.82, 2.24) is 4.98 Å². The van der Waals surface area contributed by atoms with E-state index in [2.05, 4.69) is 4.98 Å². The van der Waals surface area contributed by atoms with Gasteiger partial charge in [0.05, 0.1) is 24.5 Å². The highest BCUT2D eigenvalue weighted by Crippen LogP contribution is 2.14. The van der Waals surface area contributed by atoms with Crippen LogP contribution in [0.5, 0.6) is 0 Å². The van der Waals surface area contributed by atoms with Crippen molar-refractivity contribution >= 4 is 23.4 Å². The number of esters is 1. The second-order valence-electron chi connectivity index (χ2n) is 2.73. The zero-order chi connectivity index (χ0) is 11.1. The third kappa shape index (κ3) is 4.22. The summed E-state index contributed by atoms with van der Waals surface area (Å²) in [4.78, 5) is 15.8. The minimum atomic E-state index is -0.243. The molecule has 82 valence electrons. The maximum Gasteiger partial charge on any atom is 0.309 e. The Hall–Kier alpha value is -1.20. The predicted octanol–water partition coefficient (Wildman–Crippen LogP) is 1.60. The fourth-order valence-corrected chi connectivity index (χ4v) is 1.66. The van der Waals surface area contributed by atoms with Crippen molar-refractivity contribution in [3.8, 4) is 0 Å². The van der Waals surface area contributed by atoms with E-state index in [9.17, 15) is 4.79 Å². The van der Waals surface area contributed by atoms with E-state index in [4.69, 9.17) is 9.84 Å². The van der Waals surface area contributed by atoms with Gasteiger partial charge in [0.2, 0.25) is 0 Å². The molecule has 1 heterocycles. The molecule has 0 aromatic carbocycles. The number of carbonyl (C=O) groups is 1. The second-order valence-corrected chi connectivity index (χ2v) is 3.88. The van der Waals surface area contributed by atoms with Crippen molar-refractivity contribution < 1.29 is 14.6 Å². The first-order valence-corrected chi connectivity index (χ1v) is 5.45. The quantitative estimate of drug-likeness (QED) is 0.776. The molecule has 0 radical (unpaired) electrons. The van der Waals surface area contributed by atoms with Crippen molar-refractivity contribution in [2.75, 3.05) is 6.61 Å². The Morgan fingerprint density at radius 1 is 1.73 bits per heavy atom. The Bertz CT molecular complexity index is 346. The van der Waals surface area contributed by atoms with Crippen LogP contribution < -0.4 is 0 Å². The monoisotopic (exact) mass is 227 g/mol. The van der Waals surface area contributed by atoms with Gasteiger partial charge in [0.1, 0.15) is 5.01 Å². The number of aromatic nitrogens is 1. The summed E-state index contributed by atoms with van der Waals surface area (Å²) >= 11 is 1.40. The summed E-state index contributed by atoms with van der Waals surface area (Å²) in [5.41, 5.74) is 0. The number of ether oxygens (including phenoxy) is 1. The molecule has 1 N–H and O–H groups in total. The highest BCUT2D eigenvalue weighted by Gasteiger charge is 1.99. The van der Waals surface area contributed by atoms with E-state index in [-0.39, 0.29) is 19.0 Å². The zero-order valence-electron chi connectivity index (χ0n) is 8.47. The molecule has 0 unspecified atom stereocenters. The van der Waals surface area contributed by atoms with Crippen LogP contribution in [0.15, 0.2) is 12.3 Å². The van der Waals surface area contributed by atoms with Crippen LogP contribution in [0.4, 0.5) is 0 Å². The molecule has 0 saturated carbocycles. The lowest BCUT2D eigenvalue weighted by Crippen LogP contribution is -2.01. The van der Waals surface area contributed by atoms with Crippen LogP contribution in [-0.4, -0.2) is 22.7 Å². The standard InChI is InChI=1S/C10H13NO3S/c1-2-14-10(13)5-3-4-9-11-6-8(7-12)15-9/h3-4,6,12H,2,5,7H2,1H3. The predicted molar refractivity (Wildman–Crippen MR) is 58.3 cm³/mol. The molecule has 0 aliphatic heterocycles. The number of rotatable bonds is 5. The van der Waals surface area contributed by atoms with Gasteiger partial charge in [0.15, 0.2) is 0 Å². The molecule has 15 heavy (non-hydrogen) atoms. The summed E-state index contributed by atoms with van der Waals surface area (Å²) in [7, 11) is 0. The van der Waals surface area contributed by atoms with Crippen LogP contribution in [0.1, 0.15) is 23.2 Å². The summed E-state index contributed by atoms with van der Waals surface area (Å²) in [5.74, 6) is -0.243. The van der Waals surface area contributed by atoms with Crippen LogP contribution in [0.25, 0.3) is 6.08 Å². The lowest BCUT2D eigenvalue weighted by Gasteiger charge is -1.95. The van der Waals surface area contributed by atoms with Gasteiger partial charge in [-0.15, -0.1) is 11.3 Å². The lowest BCUT2D eigenvalue weighted by molar-refractivity contribution is -0.142. The number of aliphatic hydroxyl groups excluding tert-OH is 1. The lowest BCUT2D eigenvalue weighted by atomic mass is 10.4. The molecular formula is C10H13NO3S. The first kappa shape index (κ1) is 11.9. The van der Waals surface area contributed by atoms with Gasteiger partial charge in [-0.1, -0.05) is 6.08 Å². The first-order valence-electron chi connectivity index (χ1n) is 4.64. The van der Waals surface area contributed by atoms with Crippen LogP contribution in [0.3, 0.4) is 0 Å². The average molecular weight is 227 g/mol. The highest BCUT2D eigenvalue weighted by atomic mass is 32.1. The third-order valence-electron chi connectivity index (χ3n) is 1.58. The summed E-state index contributed by atoms with van der Waals surface area (Å²) in [5, 5.41) is 9.59. The second kappa shape index (κ2) is 6.31. The van der Waals surface area contributed by atoms with Gasteiger partial charge in [-0.05, 0) is 13.0 Å². The van der Waals surface area contributed by atoms with Crippen LogP contribution in [0.2, 0.25) is 0 Å². The molecular weight excluding hydrogens is 214 g/mol. The zero-order valence-corrected chi connectivity index (χ0v) is 9.29. The summed E-state index contributed by atoms with van der Waals surface area (Å²) in [6.45, 7) is 2.18. The normalized spacial score (nSPS) is 10.8. The van der Waals surface area contributed by atoms with E-state index >= 15 is 0 Å². The molecule has 0 saturated heterocycles. The topological polar surface area (TPSA) is 59.4 Å². The van der Waals surface area contributed by atoms with E-state index < -0.39 is 0 Å². The van der Waals surface area contributed by atoms with E-state index in [0.717, 1.165) is 9.88 Å².